The number of thiocarbonyl (C=S) groups is 1. The molecule has 0 heterocycles. The van der Waals surface area contributed by atoms with Crippen LogP contribution in [0.2, 0.25) is 10.0 Å². The van der Waals surface area contributed by atoms with Gasteiger partial charge in [-0.2, -0.15) is 0 Å². The number of nitrogens with two attached hydrogens (primary N) is 1. The molecule has 2 amide bonds. The van der Waals surface area contributed by atoms with E-state index in [1.54, 1.807) is 18.2 Å². The summed E-state index contributed by atoms with van der Waals surface area (Å²) < 4.78 is 0. The summed E-state index contributed by atoms with van der Waals surface area (Å²) in [7, 11) is 0. The maximum atomic E-state index is 11.6. The van der Waals surface area contributed by atoms with Gasteiger partial charge in [-0.05, 0) is 18.2 Å². The van der Waals surface area contributed by atoms with E-state index in [-0.39, 0.29) is 11.9 Å². The van der Waals surface area contributed by atoms with Gasteiger partial charge in [0.25, 0.3) is 0 Å². The highest BCUT2D eigenvalue weighted by molar-refractivity contribution is 7.80. The average molecular weight is 306 g/mol. The van der Waals surface area contributed by atoms with Crippen molar-refractivity contribution in [2.24, 2.45) is 11.7 Å². The van der Waals surface area contributed by atoms with Crippen LogP contribution in [0.3, 0.4) is 0 Å². The molecule has 0 aliphatic carbocycles. The van der Waals surface area contributed by atoms with Crippen LogP contribution in [0.1, 0.15) is 6.92 Å². The fourth-order valence-electron chi connectivity index (χ4n) is 1.15. The lowest BCUT2D eigenvalue weighted by atomic mass is 10.2. The Kier molecular flexibility index (Phi) is 5.65. The lowest BCUT2D eigenvalue weighted by molar-refractivity contribution is 0.251. The smallest absolute Gasteiger partial charge is 0.319 e. The Balaban J connectivity index is 2.52. The topological polar surface area (TPSA) is 67.2 Å². The monoisotopic (exact) mass is 305 g/mol. The van der Waals surface area contributed by atoms with E-state index in [0.29, 0.717) is 27.3 Å². The zero-order valence-corrected chi connectivity index (χ0v) is 12.0. The molecular weight excluding hydrogens is 293 g/mol. The number of hydrogen-bond acceptors (Lipinski definition) is 2. The van der Waals surface area contributed by atoms with Crippen LogP contribution in [0.5, 0.6) is 0 Å². The van der Waals surface area contributed by atoms with E-state index in [9.17, 15) is 4.79 Å². The van der Waals surface area contributed by atoms with Crippen LogP contribution in [0.4, 0.5) is 10.5 Å². The Bertz CT molecular complexity index is 447. The number of rotatable bonds is 4. The molecule has 1 aromatic carbocycles. The first-order chi connectivity index (χ1) is 8.38. The molecule has 18 heavy (non-hydrogen) atoms. The van der Waals surface area contributed by atoms with Gasteiger partial charge in [-0.25, -0.2) is 4.79 Å². The number of carbonyl (C=O) groups is 1. The molecule has 4 N–H and O–H groups in total. The minimum Gasteiger partial charge on any atom is -0.393 e. The van der Waals surface area contributed by atoms with Crippen LogP contribution in [0, 0.1) is 5.92 Å². The summed E-state index contributed by atoms with van der Waals surface area (Å²) >= 11 is 16.4. The van der Waals surface area contributed by atoms with Gasteiger partial charge in [-0.15, -0.1) is 0 Å². The van der Waals surface area contributed by atoms with Crippen molar-refractivity contribution in [1.29, 1.82) is 0 Å². The first-order valence-electron chi connectivity index (χ1n) is 5.18. The van der Waals surface area contributed by atoms with Crippen LogP contribution in [0.15, 0.2) is 18.2 Å². The largest absolute Gasteiger partial charge is 0.393 e. The van der Waals surface area contributed by atoms with E-state index in [2.05, 4.69) is 10.6 Å². The summed E-state index contributed by atoms with van der Waals surface area (Å²) in [6.45, 7) is 2.20. The maximum Gasteiger partial charge on any atom is 0.319 e. The lowest BCUT2D eigenvalue weighted by Gasteiger charge is -2.12. The zero-order chi connectivity index (χ0) is 13.7. The van der Waals surface area contributed by atoms with Gasteiger partial charge in [-0.3, -0.25) is 0 Å². The summed E-state index contributed by atoms with van der Waals surface area (Å²) in [5.41, 5.74) is 5.96. The second kappa shape index (κ2) is 6.78. The van der Waals surface area contributed by atoms with Gasteiger partial charge in [0.2, 0.25) is 0 Å². The molecule has 7 heteroatoms. The van der Waals surface area contributed by atoms with E-state index < -0.39 is 0 Å². The molecule has 1 rings (SSSR count). The number of amides is 2. The maximum absolute atomic E-state index is 11.6. The standard InChI is InChI=1S/C11H13Cl2N3OS/c1-6(10(14)18)5-15-11(17)16-9-3-7(12)2-8(13)4-9/h2-4,6H,5H2,1H3,(H2,14,18)(H2,15,16,17). The molecule has 0 saturated heterocycles. The van der Waals surface area contributed by atoms with Crippen LogP contribution in [0.25, 0.3) is 0 Å². The minimum absolute atomic E-state index is 0.0614. The number of anilines is 1. The van der Waals surface area contributed by atoms with E-state index in [1.165, 1.54) is 0 Å². The van der Waals surface area contributed by atoms with Crippen LogP contribution in [-0.4, -0.2) is 17.6 Å². The third kappa shape index (κ3) is 5.08. The highest BCUT2D eigenvalue weighted by Crippen LogP contribution is 2.22. The summed E-state index contributed by atoms with van der Waals surface area (Å²) in [5.74, 6) is -0.0614. The van der Waals surface area contributed by atoms with Gasteiger partial charge in [0.15, 0.2) is 0 Å². The Morgan fingerprint density at radius 2 is 1.94 bits per heavy atom. The highest BCUT2D eigenvalue weighted by Gasteiger charge is 2.08. The van der Waals surface area contributed by atoms with Crippen molar-refractivity contribution < 1.29 is 4.79 Å². The van der Waals surface area contributed by atoms with Gasteiger partial charge in [0, 0.05) is 28.2 Å². The molecule has 1 unspecified atom stereocenters. The van der Waals surface area contributed by atoms with Crippen molar-refractivity contribution in [2.75, 3.05) is 11.9 Å². The third-order valence-electron chi connectivity index (χ3n) is 2.17. The van der Waals surface area contributed by atoms with Crippen LogP contribution in [-0.2, 0) is 0 Å². The Hall–Kier alpha value is -1.04. The number of nitrogens with one attached hydrogen (secondary N) is 2. The normalized spacial score (nSPS) is 11.7. The number of halogens is 2. The lowest BCUT2D eigenvalue weighted by Crippen LogP contribution is -2.36. The summed E-state index contributed by atoms with van der Waals surface area (Å²) in [6.07, 6.45) is 0. The Morgan fingerprint density at radius 3 is 2.44 bits per heavy atom. The van der Waals surface area contributed by atoms with Gasteiger partial charge in [0.1, 0.15) is 0 Å². The molecule has 0 aliphatic rings. The minimum atomic E-state index is -0.364. The summed E-state index contributed by atoms with van der Waals surface area (Å²) in [4.78, 5) is 11.9. The molecule has 0 saturated carbocycles. The number of urea groups is 1. The first-order valence-corrected chi connectivity index (χ1v) is 6.35. The van der Waals surface area contributed by atoms with Crippen molar-refractivity contribution in [3.8, 4) is 0 Å². The molecule has 1 atom stereocenters. The van der Waals surface area contributed by atoms with E-state index in [0.717, 1.165) is 0 Å². The van der Waals surface area contributed by atoms with Gasteiger partial charge in [0.05, 0.1) is 4.99 Å². The summed E-state index contributed by atoms with van der Waals surface area (Å²) in [6, 6.07) is 4.42. The molecule has 0 radical (unpaired) electrons. The average Bonchev–Trinajstić information content (AvgIpc) is 2.24. The quantitative estimate of drug-likeness (QED) is 0.749. The van der Waals surface area contributed by atoms with Crippen LogP contribution < -0.4 is 16.4 Å². The van der Waals surface area contributed by atoms with Crippen molar-refractivity contribution in [3.63, 3.8) is 0 Å². The molecule has 0 spiro atoms. The number of benzene rings is 1. The summed E-state index contributed by atoms with van der Waals surface area (Å²) in [5, 5.41) is 6.17. The molecule has 98 valence electrons. The third-order valence-corrected chi connectivity index (χ3v) is 3.01. The molecular formula is C11H13Cl2N3OS. The van der Waals surface area contributed by atoms with E-state index >= 15 is 0 Å². The second-order valence-corrected chi connectivity index (χ2v) is 5.14. The van der Waals surface area contributed by atoms with E-state index in [4.69, 9.17) is 41.2 Å². The van der Waals surface area contributed by atoms with Gasteiger partial charge < -0.3 is 16.4 Å². The van der Waals surface area contributed by atoms with Gasteiger partial charge in [-0.1, -0.05) is 42.3 Å². The van der Waals surface area contributed by atoms with Crippen molar-refractivity contribution >= 4 is 52.1 Å². The number of carbonyl (C=O) groups excluding carboxylic acids is 1. The molecule has 1 aromatic rings. The first kappa shape index (κ1) is 15.0. The highest BCUT2D eigenvalue weighted by atomic mass is 35.5. The molecule has 0 bridgehead atoms. The van der Waals surface area contributed by atoms with Gasteiger partial charge >= 0.3 is 6.03 Å². The molecule has 0 aliphatic heterocycles. The van der Waals surface area contributed by atoms with Crippen molar-refractivity contribution in [3.05, 3.63) is 28.2 Å². The predicted molar refractivity (Wildman–Crippen MR) is 79.4 cm³/mol. The van der Waals surface area contributed by atoms with Crippen LogP contribution >= 0.6 is 35.4 Å². The zero-order valence-electron chi connectivity index (χ0n) is 9.67. The molecule has 0 fully saturated rings. The number of hydrogen-bond donors (Lipinski definition) is 3. The van der Waals surface area contributed by atoms with E-state index in [1.807, 2.05) is 6.92 Å². The fraction of sp³-hybridized carbons (Fsp3) is 0.273. The second-order valence-electron chi connectivity index (χ2n) is 3.80. The SMILES string of the molecule is CC(CNC(=O)Nc1cc(Cl)cc(Cl)c1)C(N)=S. The predicted octanol–water partition coefficient (Wildman–Crippen LogP) is 3.04. The molecule has 4 nitrogen and oxygen atoms in total. The molecule has 0 aromatic heterocycles. The Morgan fingerprint density at radius 1 is 1.39 bits per heavy atom. The fourth-order valence-corrected chi connectivity index (χ4v) is 1.76. The Labute approximate surface area is 121 Å². The van der Waals surface area contributed by atoms with Crippen molar-refractivity contribution in [2.45, 2.75) is 6.92 Å². The van der Waals surface area contributed by atoms with Crippen molar-refractivity contribution in [1.82, 2.24) is 5.32 Å².